The molecule has 0 bridgehead atoms. The molecule has 1 aliphatic rings. The van der Waals surface area contributed by atoms with Crippen LogP contribution in [0.2, 0.25) is 0 Å². The van der Waals surface area contributed by atoms with Crippen molar-refractivity contribution in [2.45, 2.75) is 19.4 Å². The second kappa shape index (κ2) is 8.86. The molecule has 27 heavy (non-hydrogen) atoms. The molecule has 6 nitrogen and oxygen atoms in total. The largest absolute Gasteiger partial charge is 0.376 e. The smallest absolute Gasteiger partial charge is 0.253 e. The fourth-order valence-corrected chi connectivity index (χ4v) is 2.98. The molecule has 6 heteroatoms. The monoisotopic (exact) mass is 362 g/mol. The first kappa shape index (κ1) is 18.5. The van der Waals surface area contributed by atoms with Crippen LogP contribution in [0.3, 0.4) is 0 Å². The Morgan fingerprint density at radius 1 is 1.00 bits per heavy atom. The lowest BCUT2D eigenvalue weighted by Crippen LogP contribution is -2.29. The molecule has 2 aromatic carbocycles. The second-order valence-electron chi connectivity index (χ2n) is 6.52. The fraction of sp³-hybridized carbons (Fsp3) is 0.286. The number of carbonyl (C=O) groups excluding carboxylic acids is 2. The van der Waals surface area contributed by atoms with E-state index in [-0.39, 0.29) is 18.4 Å². The molecule has 2 N–H and O–H groups in total. The van der Waals surface area contributed by atoms with Crippen LogP contribution >= 0.6 is 0 Å². The summed E-state index contributed by atoms with van der Waals surface area (Å²) in [5.74, 6) is -0.0497. The van der Waals surface area contributed by atoms with Crippen molar-refractivity contribution in [1.29, 1.82) is 5.26 Å². The number of rotatable bonds is 6. The van der Waals surface area contributed by atoms with Crippen LogP contribution in [0.1, 0.15) is 34.3 Å². The van der Waals surface area contributed by atoms with Gasteiger partial charge in [0, 0.05) is 30.9 Å². The Kier molecular flexibility index (Phi) is 6.06. The molecule has 0 unspecified atom stereocenters. The zero-order valence-electron chi connectivity index (χ0n) is 15.1. The third-order valence-electron chi connectivity index (χ3n) is 4.55. The quantitative estimate of drug-likeness (QED) is 0.827. The van der Waals surface area contributed by atoms with Crippen molar-refractivity contribution in [3.63, 3.8) is 0 Å². The number of nitrogens with one attached hydrogen (secondary N) is 2. The first-order chi connectivity index (χ1) is 13.2. The Balaban J connectivity index is 1.44. The number of nitrogens with zero attached hydrogens (tertiary/aromatic N) is 2. The molecule has 2 aromatic rings. The van der Waals surface area contributed by atoms with Crippen molar-refractivity contribution in [2.24, 2.45) is 0 Å². The minimum atomic E-state index is -0.128. The van der Waals surface area contributed by atoms with E-state index in [1.807, 2.05) is 29.2 Å². The van der Waals surface area contributed by atoms with Crippen molar-refractivity contribution in [3.8, 4) is 6.07 Å². The van der Waals surface area contributed by atoms with Gasteiger partial charge in [-0.15, -0.1) is 0 Å². The van der Waals surface area contributed by atoms with Crippen LogP contribution in [-0.2, 0) is 11.3 Å². The summed E-state index contributed by atoms with van der Waals surface area (Å²) in [5.41, 5.74) is 3.00. The van der Waals surface area contributed by atoms with Gasteiger partial charge in [-0.1, -0.05) is 12.1 Å². The summed E-state index contributed by atoms with van der Waals surface area (Å²) in [6.45, 7) is 2.23. The van der Waals surface area contributed by atoms with Crippen LogP contribution in [-0.4, -0.2) is 36.3 Å². The summed E-state index contributed by atoms with van der Waals surface area (Å²) in [6.07, 6.45) is 2.15. The Labute approximate surface area is 158 Å². The molecule has 1 heterocycles. The molecular formula is C21H22N4O2. The van der Waals surface area contributed by atoms with E-state index in [0.29, 0.717) is 17.7 Å². The van der Waals surface area contributed by atoms with Gasteiger partial charge in [-0.25, -0.2) is 0 Å². The van der Waals surface area contributed by atoms with Crippen LogP contribution in [0.5, 0.6) is 0 Å². The van der Waals surface area contributed by atoms with Gasteiger partial charge < -0.3 is 15.5 Å². The highest BCUT2D eigenvalue weighted by Gasteiger charge is 2.19. The van der Waals surface area contributed by atoms with Gasteiger partial charge in [0.15, 0.2) is 0 Å². The van der Waals surface area contributed by atoms with Gasteiger partial charge >= 0.3 is 0 Å². The average molecular weight is 362 g/mol. The minimum Gasteiger partial charge on any atom is -0.376 e. The second-order valence-corrected chi connectivity index (χ2v) is 6.52. The minimum absolute atomic E-state index is 0.0784. The molecule has 0 aromatic heterocycles. The zero-order valence-corrected chi connectivity index (χ0v) is 15.1. The van der Waals surface area contributed by atoms with E-state index >= 15 is 0 Å². The number of hydrogen-bond donors (Lipinski definition) is 2. The number of benzene rings is 2. The highest BCUT2D eigenvalue weighted by Crippen LogP contribution is 2.13. The lowest BCUT2D eigenvalue weighted by molar-refractivity contribution is -0.119. The predicted molar refractivity (Wildman–Crippen MR) is 103 cm³/mol. The molecule has 0 atom stereocenters. The average Bonchev–Trinajstić information content (AvgIpc) is 3.26. The third-order valence-corrected chi connectivity index (χ3v) is 4.55. The van der Waals surface area contributed by atoms with Gasteiger partial charge in [-0.05, 0) is 54.8 Å². The molecule has 0 radical (unpaired) electrons. The molecule has 138 valence electrons. The van der Waals surface area contributed by atoms with Crippen molar-refractivity contribution in [2.75, 3.05) is 25.0 Å². The molecular weight excluding hydrogens is 340 g/mol. The maximum atomic E-state index is 12.3. The summed E-state index contributed by atoms with van der Waals surface area (Å²) in [5, 5.41) is 14.6. The van der Waals surface area contributed by atoms with Gasteiger partial charge in [-0.3, -0.25) is 9.59 Å². The molecule has 1 aliphatic heterocycles. The Hall–Kier alpha value is -3.33. The highest BCUT2D eigenvalue weighted by atomic mass is 16.2. The Bertz CT molecular complexity index is 832. The van der Waals surface area contributed by atoms with E-state index in [1.165, 1.54) is 0 Å². The molecule has 0 aliphatic carbocycles. The normalized spacial score (nSPS) is 13.1. The topological polar surface area (TPSA) is 85.2 Å². The third kappa shape index (κ3) is 5.08. The number of likely N-dealkylation sites (tertiary alicyclic amines) is 1. The molecule has 1 fully saturated rings. The number of carbonyl (C=O) groups is 2. The van der Waals surface area contributed by atoms with Gasteiger partial charge in [0.05, 0.1) is 18.2 Å². The van der Waals surface area contributed by atoms with Gasteiger partial charge in [-0.2, -0.15) is 5.26 Å². The number of hydrogen-bond acceptors (Lipinski definition) is 4. The number of amides is 2. The van der Waals surface area contributed by atoms with E-state index in [9.17, 15) is 9.59 Å². The Morgan fingerprint density at radius 2 is 1.67 bits per heavy atom. The SMILES string of the molecule is N#Cc1ccc(NCC(=O)NCc2ccc(C(=O)N3CCCC3)cc2)cc1. The van der Waals surface area contributed by atoms with Crippen LogP contribution < -0.4 is 10.6 Å². The summed E-state index contributed by atoms with van der Waals surface area (Å²) in [4.78, 5) is 26.2. The van der Waals surface area contributed by atoms with E-state index < -0.39 is 0 Å². The van der Waals surface area contributed by atoms with Gasteiger partial charge in [0.25, 0.3) is 5.91 Å². The summed E-state index contributed by atoms with van der Waals surface area (Å²) >= 11 is 0. The number of nitriles is 1. The van der Waals surface area contributed by atoms with Crippen molar-refractivity contribution in [1.82, 2.24) is 10.2 Å². The van der Waals surface area contributed by atoms with E-state index in [1.54, 1.807) is 24.3 Å². The lowest BCUT2D eigenvalue weighted by Gasteiger charge is -2.15. The van der Waals surface area contributed by atoms with Crippen LogP contribution in [0, 0.1) is 11.3 Å². The molecule has 0 spiro atoms. The van der Waals surface area contributed by atoms with Gasteiger partial charge in [0.1, 0.15) is 0 Å². The zero-order chi connectivity index (χ0) is 19.1. The highest BCUT2D eigenvalue weighted by molar-refractivity contribution is 5.94. The summed E-state index contributed by atoms with van der Waals surface area (Å²) < 4.78 is 0. The Morgan fingerprint density at radius 3 is 2.30 bits per heavy atom. The predicted octanol–water partition coefficient (Wildman–Crippen LogP) is 2.52. The molecule has 2 amide bonds. The van der Waals surface area contributed by atoms with Crippen molar-refractivity contribution >= 4 is 17.5 Å². The lowest BCUT2D eigenvalue weighted by atomic mass is 10.1. The van der Waals surface area contributed by atoms with Gasteiger partial charge in [0.2, 0.25) is 5.91 Å². The maximum Gasteiger partial charge on any atom is 0.253 e. The van der Waals surface area contributed by atoms with Crippen LogP contribution in [0.25, 0.3) is 0 Å². The van der Waals surface area contributed by atoms with Crippen molar-refractivity contribution in [3.05, 3.63) is 65.2 Å². The van der Waals surface area contributed by atoms with Crippen LogP contribution in [0.15, 0.2) is 48.5 Å². The van der Waals surface area contributed by atoms with E-state index in [0.717, 1.165) is 37.2 Å². The van der Waals surface area contributed by atoms with Crippen molar-refractivity contribution < 1.29 is 9.59 Å². The summed E-state index contributed by atoms with van der Waals surface area (Å²) in [7, 11) is 0. The van der Waals surface area contributed by atoms with E-state index in [2.05, 4.69) is 16.7 Å². The molecule has 0 saturated carbocycles. The standard InChI is InChI=1S/C21H22N4O2/c22-13-16-5-9-19(10-6-16)23-15-20(26)24-14-17-3-7-18(8-4-17)21(27)25-11-1-2-12-25/h3-10,23H,1-2,11-12,14-15H2,(H,24,26). The van der Waals surface area contributed by atoms with Crippen LogP contribution in [0.4, 0.5) is 5.69 Å². The fourth-order valence-electron chi connectivity index (χ4n) is 2.98. The molecule has 3 rings (SSSR count). The first-order valence-corrected chi connectivity index (χ1v) is 9.04. The van der Waals surface area contributed by atoms with E-state index in [4.69, 9.17) is 5.26 Å². The number of anilines is 1. The first-order valence-electron chi connectivity index (χ1n) is 9.04. The maximum absolute atomic E-state index is 12.3. The summed E-state index contributed by atoms with van der Waals surface area (Å²) in [6, 6.07) is 16.4. The molecule has 1 saturated heterocycles.